The summed E-state index contributed by atoms with van der Waals surface area (Å²) in [5.41, 5.74) is -0.324. The third-order valence-electron chi connectivity index (χ3n) is 3.48. The average Bonchev–Trinajstić information content (AvgIpc) is 2.93. The predicted molar refractivity (Wildman–Crippen MR) is 90.0 cm³/mol. The molecule has 130 valence electrons. The van der Waals surface area contributed by atoms with Gasteiger partial charge in [-0.15, -0.1) is 11.3 Å². The fourth-order valence-corrected chi connectivity index (χ4v) is 3.17. The van der Waals surface area contributed by atoms with Gasteiger partial charge in [0.05, 0.1) is 18.5 Å². The van der Waals surface area contributed by atoms with E-state index in [4.69, 9.17) is 0 Å². The molecule has 0 aliphatic rings. The van der Waals surface area contributed by atoms with Gasteiger partial charge in [-0.05, 0) is 29.2 Å². The number of benzene rings is 1. The molecule has 0 aliphatic heterocycles. The molecule has 2 nitrogen and oxygen atoms in total. The van der Waals surface area contributed by atoms with E-state index in [1.54, 1.807) is 11.3 Å². The molecule has 24 heavy (non-hydrogen) atoms. The Labute approximate surface area is 143 Å². The Morgan fingerprint density at radius 3 is 2.42 bits per heavy atom. The first-order chi connectivity index (χ1) is 11.1. The Morgan fingerprint density at radius 1 is 1.12 bits per heavy atom. The summed E-state index contributed by atoms with van der Waals surface area (Å²) in [5, 5.41) is 2.76. The molecule has 1 heterocycles. The normalized spacial score (nSPS) is 12.2. The molecule has 6 heteroatoms. The molecular formula is C18H20F3NOS. The summed E-state index contributed by atoms with van der Waals surface area (Å²) >= 11 is 1.63. The molecule has 0 saturated carbocycles. The Balaban J connectivity index is 1.93. The van der Waals surface area contributed by atoms with Gasteiger partial charge in [0.1, 0.15) is 0 Å². The quantitative estimate of drug-likeness (QED) is 0.828. The van der Waals surface area contributed by atoms with Crippen molar-refractivity contribution in [3.63, 3.8) is 0 Å². The van der Waals surface area contributed by atoms with Crippen molar-refractivity contribution in [3.05, 3.63) is 57.3 Å². The molecule has 1 amide bonds. The van der Waals surface area contributed by atoms with Crippen LogP contribution in [0, 0.1) is 0 Å². The first-order valence-corrected chi connectivity index (χ1v) is 8.39. The Bertz CT molecular complexity index is 714. The number of nitrogens with one attached hydrogen (secondary N) is 1. The fourth-order valence-electron chi connectivity index (χ4n) is 2.17. The smallest absolute Gasteiger partial charge is 0.351 e. The van der Waals surface area contributed by atoms with Crippen molar-refractivity contribution in [2.75, 3.05) is 0 Å². The van der Waals surface area contributed by atoms with Crippen molar-refractivity contribution in [1.29, 1.82) is 0 Å². The van der Waals surface area contributed by atoms with Crippen LogP contribution in [-0.2, 0) is 29.4 Å². The van der Waals surface area contributed by atoms with Gasteiger partial charge in [-0.25, -0.2) is 0 Å². The van der Waals surface area contributed by atoms with E-state index in [0.29, 0.717) is 12.1 Å². The lowest BCUT2D eigenvalue weighted by atomic mass is 9.95. The molecule has 0 atom stereocenters. The van der Waals surface area contributed by atoms with Crippen molar-refractivity contribution in [2.24, 2.45) is 0 Å². The van der Waals surface area contributed by atoms with Crippen molar-refractivity contribution in [3.8, 4) is 0 Å². The maximum Gasteiger partial charge on any atom is 0.416 e. The van der Waals surface area contributed by atoms with E-state index in [9.17, 15) is 18.0 Å². The second-order valence-corrected chi connectivity index (χ2v) is 7.84. The maximum atomic E-state index is 12.7. The first kappa shape index (κ1) is 18.5. The van der Waals surface area contributed by atoms with Crippen molar-refractivity contribution in [1.82, 2.24) is 5.32 Å². The molecule has 2 aromatic rings. The monoisotopic (exact) mass is 355 g/mol. The van der Waals surface area contributed by atoms with Crippen molar-refractivity contribution in [2.45, 2.75) is 45.3 Å². The molecule has 0 spiro atoms. The van der Waals surface area contributed by atoms with E-state index < -0.39 is 11.7 Å². The molecule has 1 N–H and O–H groups in total. The van der Waals surface area contributed by atoms with Gasteiger partial charge in [0.2, 0.25) is 5.91 Å². The highest BCUT2D eigenvalue weighted by Gasteiger charge is 2.30. The predicted octanol–water partition coefficient (Wildman–Crippen LogP) is 4.92. The summed E-state index contributed by atoms with van der Waals surface area (Å²) in [5.74, 6) is -0.292. The van der Waals surface area contributed by atoms with Gasteiger partial charge in [-0.2, -0.15) is 13.2 Å². The van der Waals surface area contributed by atoms with E-state index in [-0.39, 0.29) is 17.7 Å². The zero-order valence-electron chi connectivity index (χ0n) is 13.8. The highest BCUT2D eigenvalue weighted by molar-refractivity contribution is 7.12. The van der Waals surface area contributed by atoms with Gasteiger partial charge in [0.15, 0.2) is 0 Å². The summed E-state index contributed by atoms with van der Waals surface area (Å²) in [6.07, 6.45) is -4.46. The average molecular weight is 355 g/mol. The lowest BCUT2D eigenvalue weighted by Gasteiger charge is -2.15. The van der Waals surface area contributed by atoms with Crippen LogP contribution in [0.5, 0.6) is 0 Å². The maximum absolute atomic E-state index is 12.7. The van der Waals surface area contributed by atoms with Crippen molar-refractivity contribution >= 4 is 17.2 Å². The second kappa shape index (κ2) is 6.97. The molecule has 1 aromatic carbocycles. The summed E-state index contributed by atoms with van der Waals surface area (Å²) in [7, 11) is 0. The third-order valence-corrected chi connectivity index (χ3v) is 4.99. The largest absolute Gasteiger partial charge is 0.416 e. The van der Waals surface area contributed by atoms with E-state index >= 15 is 0 Å². The molecular weight excluding hydrogens is 335 g/mol. The van der Waals surface area contributed by atoms with Crippen molar-refractivity contribution < 1.29 is 18.0 Å². The molecule has 1 aromatic heterocycles. The summed E-state index contributed by atoms with van der Waals surface area (Å²) in [6.45, 7) is 6.75. The molecule has 0 bridgehead atoms. The minimum Gasteiger partial charge on any atom is -0.351 e. The van der Waals surface area contributed by atoms with Crippen LogP contribution in [0.2, 0.25) is 0 Å². The van der Waals surface area contributed by atoms with Crippen LogP contribution >= 0.6 is 11.3 Å². The van der Waals surface area contributed by atoms with Crippen LogP contribution in [0.4, 0.5) is 13.2 Å². The van der Waals surface area contributed by atoms with Crippen LogP contribution in [0.1, 0.15) is 41.7 Å². The zero-order valence-corrected chi connectivity index (χ0v) is 14.6. The minimum absolute atomic E-state index is 0.0605. The van der Waals surface area contributed by atoms with Crippen LogP contribution in [-0.4, -0.2) is 5.91 Å². The van der Waals surface area contributed by atoms with Crippen LogP contribution in [0.25, 0.3) is 0 Å². The molecule has 0 aliphatic carbocycles. The van der Waals surface area contributed by atoms with Gasteiger partial charge >= 0.3 is 6.18 Å². The molecule has 0 saturated heterocycles. The number of carbonyl (C=O) groups excluding carboxylic acids is 1. The number of hydrogen-bond acceptors (Lipinski definition) is 2. The van der Waals surface area contributed by atoms with E-state index in [2.05, 4.69) is 26.1 Å². The molecule has 0 radical (unpaired) electrons. The lowest BCUT2D eigenvalue weighted by Crippen LogP contribution is -2.24. The zero-order chi connectivity index (χ0) is 18.0. The number of thiophene rings is 1. The number of carbonyl (C=O) groups is 1. The number of halogens is 3. The number of alkyl halides is 3. The Hall–Kier alpha value is -1.82. The summed E-state index contributed by atoms with van der Waals surface area (Å²) in [6, 6.07) is 8.87. The van der Waals surface area contributed by atoms with E-state index in [1.165, 1.54) is 17.0 Å². The van der Waals surface area contributed by atoms with E-state index in [0.717, 1.165) is 17.0 Å². The number of hydrogen-bond donors (Lipinski definition) is 1. The molecule has 2 rings (SSSR count). The number of rotatable bonds is 4. The highest BCUT2D eigenvalue weighted by atomic mass is 32.1. The SMILES string of the molecule is CC(C)(C)c1ccc(CNC(=O)Cc2cccc(C(F)(F)F)c2)s1. The fraction of sp³-hybridized carbons (Fsp3) is 0.389. The van der Waals surface area contributed by atoms with Crippen LogP contribution in [0.15, 0.2) is 36.4 Å². The van der Waals surface area contributed by atoms with Gasteiger partial charge in [0.25, 0.3) is 0 Å². The Kier molecular flexibility index (Phi) is 5.38. The Morgan fingerprint density at radius 2 is 1.83 bits per heavy atom. The molecule has 0 fully saturated rings. The minimum atomic E-state index is -4.40. The standard InChI is InChI=1S/C18H20F3NOS/c1-17(2,3)15-8-7-14(24-15)11-22-16(23)10-12-5-4-6-13(9-12)18(19,20)21/h4-9H,10-11H2,1-3H3,(H,22,23). The topological polar surface area (TPSA) is 29.1 Å². The summed E-state index contributed by atoms with van der Waals surface area (Å²) < 4.78 is 38.0. The van der Waals surface area contributed by atoms with Gasteiger partial charge in [-0.1, -0.05) is 39.0 Å². The molecule has 0 unspecified atom stereocenters. The van der Waals surface area contributed by atoms with Gasteiger partial charge in [0, 0.05) is 9.75 Å². The summed E-state index contributed by atoms with van der Waals surface area (Å²) in [4.78, 5) is 14.2. The number of amides is 1. The lowest BCUT2D eigenvalue weighted by molar-refractivity contribution is -0.137. The van der Waals surface area contributed by atoms with Gasteiger partial charge < -0.3 is 5.32 Å². The van der Waals surface area contributed by atoms with Crippen LogP contribution in [0.3, 0.4) is 0 Å². The second-order valence-electron chi connectivity index (χ2n) is 6.67. The third kappa shape index (κ3) is 5.09. The first-order valence-electron chi connectivity index (χ1n) is 7.58. The van der Waals surface area contributed by atoms with Crippen LogP contribution < -0.4 is 5.32 Å². The van der Waals surface area contributed by atoms with Gasteiger partial charge in [-0.3, -0.25) is 4.79 Å². The highest BCUT2D eigenvalue weighted by Crippen LogP contribution is 2.30. The van der Waals surface area contributed by atoms with E-state index in [1.807, 2.05) is 12.1 Å².